The summed E-state index contributed by atoms with van der Waals surface area (Å²) in [4.78, 5) is 9.67. The average Bonchev–Trinajstić information content (AvgIpc) is 3.39. The molecular formula is C17H13ClFN9O2. The number of rotatable bonds is 5. The third-order valence-electron chi connectivity index (χ3n) is 3.92. The fraction of sp³-hybridized carbons (Fsp3) is 0.118. The molecule has 152 valence electrons. The van der Waals surface area contributed by atoms with Crippen LogP contribution >= 0.6 is 11.6 Å². The molecule has 0 fully saturated rings. The van der Waals surface area contributed by atoms with E-state index in [2.05, 4.69) is 35.7 Å². The van der Waals surface area contributed by atoms with E-state index in [-0.39, 0.29) is 34.5 Å². The van der Waals surface area contributed by atoms with E-state index in [4.69, 9.17) is 16.2 Å². The van der Waals surface area contributed by atoms with Crippen LogP contribution in [0, 0.1) is 12.7 Å². The van der Waals surface area contributed by atoms with E-state index < -0.39 is 5.82 Å². The Kier molecular flexibility index (Phi) is 5.41. The highest BCUT2D eigenvalue weighted by atomic mass is 35.5. The number of aliphatic imine (C=N–C) groups is 1. The van der Waals surface area contributed by atoms with Gasteiger partial charge in [0.2, 0.25) is 5.82 Å². The van der Waals surface area contributed by atoms with Gasteiger partial charge in [0, 0.05) is 6.20 Å². The molecule has 2 N–H and O–H groups in total. The summed E-state index contributed by atoms with van der Waals surface area (Å²) < 4.78 is 18.1. The van der Waals surface area contributed by atoms with Crippen molar-refractivity contribution in [2.75, 3.05) is 0 Å². The van der Waals surface area contributed by atoms with Crippen LogP contribution < -0.4 is 5.48 Å². The van der Waals surface area contributed by atoms with E-state index in [0.717, 1.165) is 11.6 Å². The van der Waals surface area contributed by atoms with Crippen LogP contribution in [0.1, 0.15) is 17.0 Å². The van der Waals surface area contributed by atoms with Gasteiger partial charge in [-0.3, -0.25) is 15.7 Å². The lowest BCUT2D eigenvalue weighted by Gasteiger charge is -2.03. The van der Waals surface area contributed by atoms with Gasteiger partial charge in [0.15, 0.2) is 11.5 Å². The van der Waals surface area contributed by atoms with Crippen molar-refractivity contribution in [1.29, 1.82) is 0 Å². The van der Waals surface area contributed by atoms with Crippen LogP contribution in [0.3, 0.4) is 0 Å². The van der Waals surface area contributed by atoms with E-state index in [0.29, 0.717) is 11.5 Å². The molecule has 0 amide bonds. The first-order valence-electron chi connectivity index (χ1n) is 8.50. The monoisotopic (exact) mass is 429 g/mol. The van der Waals surface area contributed by atoms with Crippen molar-refractivity contribution in [3.05, 3.63) is 64.3 Å². The topological polar surface area (TPSA) is 140 Å². The number of halogens is 2. The van der Waals surface area contributed by atoms with E-state index in [1.165, 1.54) is 16.9 Å². The fourth-order valence-corrected chi connectivity index (χ4v) is 2.63. The molecule has 0 radical (unpaired) electrons. The smallest absolute Gasteiger partial charge is 0.223 e. The zero-order valence-electron chi connectivity index (χ0n) is 15.4. The van der Waals surface area contributed by atoms with Gasteiger partial charge in [-0.1, -0.05) is 22.8 Å². The first kappa shape index (κ1) is 19.5. The minimum Gasteiger partial charge on any atom is -0.290 e. The number of aryl methyl sites for hydroxylation is 1. The van der Waals surface area contributed by atoms with Crippen molar-refractivity contribution in [3.8, 4) is 11.5 Å². The Labute approximate surface area is 173 Å². The molecule has 1 aromatic carbocycles. The maximum Gasteiger partial charge on any atom is 0.223 e. The number of pyridine rings is 1. The molecule has 4 rings (SSSR count). The molecule has 0 spiro atoms. The third-order valence-corrected chi connectivity index (χ3v) is 4.20. The van der Waals surface area contributed by atoms with Gasteiger partial charge in [-0.15, -0.1) is 10.2 Å². The van der Waals surface area contributed by atoms with Gasteiger partial charge in [0.1, 0.15) is 23.7 Å². The number of benzene rings is 1. The highest BCUT2D eigenvalue weighted by Crippen LogP contribution is 2.22. The quantitative estimate of drug-likeness (QED) is 0.278. The second-order valence-corrected chi connectivity index (χ2v) is 6.50. The summed E-state index contributed by atoms with van der Waals surface area (Å²) >= 11 is 5.76. The summed E-state index contributed by atoms with van der Waals surface area (Å²) in [5, 5.41) is 29.1. The molecule has 0 aliphatic carbocycles. The van der Waals surface area contributed by atoms with Crippen molar-refractivity contribution in [2.24, 2.45) is 4.99 Å². The van der Waals surface area contributed by atoms with Crippen molar-refractivity contribution in [1.82, 2.24) is 41.0 Å². The van der Waals surface area contributed by atoms with Crippen LogP contribution in [-0.2, 0) is 6.54 Å². The van der Waals surface area contributed by atoms with Gasteiger partial charge in [-0.05, 0) is 47.1 Å². The summed E-state index contributed by atoms with van der Waals surface area (Å²) in [6.07, 6.45) is 1.70. The number of hydrogen-bond acceptors (Lipinski definition) is 9. The van der Waals surface area contributed by atoms with Crippen molar-refractivity contribution in [2.45, 2.75) is 13.5 Å². The Bertz CT molecular complexity index is 1210. The summed E-state index contributed by atoms with van der Waals surface area (Å²) in [6, 6.07) is 7.50. The number of aromatic nitrogens is 7. The number of amidine groups is 1. The van der Waals surface area contributed by atoms with Crippen LogP contribution in [0.15, 0.2) is 46.2 Å². The molecule has 0 aliphatic heterocycles. The Morgan fingerprint density at radius 3 is 2.90 bits per heavy atom. The SMILES string of the molecule is Cc1ccc(-c2nnn(Cc3nonc3C(=Nc3ccc(F)c(Cl)c3)NO)n2)nc1. The van der Waals surface area contributed by atoms with Crippen molar-refractivity contribution < 1.29 is 14.2 Å². The van der Waals surface area contributed by atoms with Crippen LogP contribution in [0.4, 0.5) is 10.1 Å². The molecule has 0 unspecified atom stereocenters. The van der Waals surface area contributed by atoms with Gasteiger partial charge in [0.05, 0.1) is 10.7 Å². The average molecular weight is 430 g/mol. The Balaban J connectivity index is 1.59. The zero-order chi connectivity index (χ0) is 21.1. The number of tetrazole rings is 1. The predicted octanol–water partition coefficient (Wildman–Crippen LogP) is 2.32. The first-order valence-corrected chi connectivity index (χ1v) is 8.88. The molecule has 0 aliphatic rings. The molecule has 13 heteroatoms. The van der Waals surface area contributed by atoms with Gasteiger partial charge >= 0.3 is 0 Å². The maximum absolute atomic E-state index is 13.3. The Morgan fingerprint density at radius 1 is 1.30 bits per heavy atom. The Morgan fingerprint density at radius 2 is 2.17 bits per heavy atom. The molecule has 4 aromatic rings. The molecule has 11 nitrogen and oxygen atoms in total. The third kappa shape index (κ3) is 4.14. The number of nitrogens with one attached hydrogen (secondary N) is 1. The minimum atomic E-state index is -0.589. The molecule has 0 bridgehead atoms. The minimum absolute atomic E-state index is 0.0303. The second kappa shape index (κ2) is 8.31. The van der Waals surface area contributed by atoms with Gasteiger partial charge < -0.3 is 0 Å². The predicted molar refractivity (Wildman–Crippen MR) is 102 cm³/mol. The molecule has 3 aromatic heterocycles. The normalized spacial score (nSPS) is 11.7. The van der Waals surface area contributed by atoms with Gasteiger partial charge in [-0.25, -0.2) is 14.0 Å². The lowest BCUT2D eigenvalue weighted by Crippen LogP contribution is -2.23. The molecule has 0 saturated heterocycles. The van der Waals surface area contributed by atoms with E-state index in [1.54, 1.807) is 12.3 Å². The Hall–Kier alpha value is -3.77. The highest BCUT2D eigenvalue weighted by Gasteiger charge is 2.19. The van der Waals surface area contributed by atoms with Crippen LogP contribution in [-0.4, -0.2) is 46.5 Å². The molecule has 0 saturated carbocycles. The fourth-order valence-electron chi connectivity index (χ4n) is 2.45. The zero-order valence-corrected chi connectivity index (χ0v) is 16.1. The number of nitrogens with zero attached hydrogens (tertiary/aromatic N) is 8. The highest BCUT2D eigenvalue weighted by molar-refractivity contribution is 6.31. The van der Waals surface area contributed by atoms with E-state index in [1.807, 2.05) is 18.5 Å². The summed E-state index contributed by atoms with van der Waals surface area (Å²) in [5.41, 5.74) is 4.15. The summed E-state index contributed by atoms with van der Waals surface area (Å²) in [7, 11) is 0. The lowest BCUT2D eigenvalue weighted by atomic mass is 10.2. The first-order chi connectivity index (χ1) is 14.5. The molecular weight excluding hydrogens is 417 g/mol. The van der Waals surface area contributed by atoms with Crippen LogP contribution in [0.2, 0.25) is 5.02 Å². The maximum atomic E-state index is 13.3. The summed E-state index contributed by atoms with van der Waals surface area (Å²) in [5.74, 6) is -0.341. The van der Waals surface area contributed by atoms with Crippen molar-refractivity contribution >= 4 is 23.1 Å². The standard InChI is InChI=1S/C17H13ClFN9O2/c1-9-2-5-13(20-7-9)16-22-27-28(23-16)8-14-15(26-30-25-14)17(24-29)21-10-3-4-12(19)11(18)6-10/h2-7,29H,8H2,1H3,(H,21,24). The molecule has 0 atom stereocenters. The van der Waals surface area contributed by atoms with Crippen LogP contribution in [0.5, 0.6) is 0 Å². The van der Waals surface area contributed by atoms with Crippen molar-refractivity contribution in [3.63, 3.8) is 0 Å². The molecule has 3 heterocycles. The second-order valence-electron chi connectivity index (χ2n) is 6.09. The molecule has 30 heavy (non-hydrogen) atoms. The summed E-state index contributed by atoms with van der Waals surface area (Å²) in [6.45, 7) is 1.96. The number of hydroxylamine groups is 1. The van der Waals surface area contributed by atoms with Gasteiger partial charge in [0.25, 0.3) is 0 Å². The van der Waals surface area contributed by atoms with Crippen LogP contribution in [0.25, 0.3) is 11.5 Å². The lowest BCUT2D eigenvalue weighted by molar-refractivity contribution is 0.234. The number of hydrogen-bond donors (Lipinski definition) is 2. The largest absolute Gasteiger partial charge is 0.290 e. The van der Waals surface area contributed by atoms with E-state index >= 15 is 0 Å². The van der Waals surface area contributed by atoms with E-state index in [9.17, 15) is 9.60 Å². The van der Waals surface area contributed by atoms with Gasteiger partial charge in [-0.2, -0.15) is 4.80 Å².